The number of nitrogens with zero attached hydrogens (tertiary/aromatic N) is 1. The van der Waals surface area contributed by atoms with Crippen LogP contribution in [0.5, 0.6) is 0 Å². The van der Waals surface area contributed by atoms with E-state index < -0.39 is 31.3 Å². The third kappa shape index (κ3) is 6.85. The molecular weight excluding hydrogens is 269 g/mol. The molecule has 1 saturated carbocycles. The fraction of sp³-hybridized carbons (Fsp3) is 0.800. The van der Waals surface area contributed by atoms with Crippen molar-refractivity contribution in [1.29, 1.82) is 0 Å². The molecule has 1 aliphatic rings. The lowest BCUT2D eigenvalue weighted by Crippen LogP contribution is -2.45. The Kier molecular flexibility index (Phi) is 5.40. The fourth-order valence-electron chi connectivity index (χ4n) is 1.42. The molecule has 0 aliphatic heterocycles. The van der Waals surface area contributed by atoms with E-state index in [1.807, 2.05) is 0 Å². The predicted molar refractivity (Wildman–Crippen MR) is 57.6 cm³/mol. The summed E-state index contributed by atoms with van der Waals surface area (Å²) in [6, 6.07) is -0.687. The highest BCUT2D eigenvalue weighted by molar-refractivity contribution is 5.80. The number of aliphatic carboxylic acids is 1. The molecule has 2 N–H and O–H groups in total. The summed E-state index contributed by atoms with van der Waals surface area (Å²) in [6.45, 7) is -2.17. The molecule has 2 amide bonds. The van der Waals surface area contributed by atoms with Crippen LogP contribution < -0.4 is 5.32 Å². The number of alkyl halides is 3. The summed E-state index contributed by atoms with van der Waals surface area (Å²) in [5, 5.41) is 11.0. The Balaban J connectivity index is 2.20. The molecule has 0 aromatic carbocycles. The smallest absolute Gasteiger partial charge is 0.411 e. The van der Waals surface area contributed by atoms with Crippen LogP contribution in [0.4, 0.5) is 18.0 Å². The highest BCUT2D eigenvalue weighted by Crippen LogP contribution is 2.26. The number of rotatable bonds is 7. The van der Waals surface area contributed by atoms with Crippen molar-refractivity contribution in [2.45, 2.75) is 25.1 Å². The van der Waals surface area contributed by atoms with E-state index in [9.17, 15) is 22.8 Å². The van der Waals surface area contributed by atoms with Gasteiger partial charge < -0.3 is 20.1 Å². The minimum Gasteiger partial charge on any atom is -0.480 e. The Morgan fingerprint density at radius 3 is 2.47 bits per heavy atom. The van der Waals surface area contributed by atoms with E-state index in [0.29, 0.717) is 0 Å². The summed E-state index contributed by atoms with van der Waals surface area (Å²) in [5.41, 5.74) is 0. The van der Waals surface area contributed by atoms with Gasteiger partial charge in [0.2, 0.25) is 0 Å². The number of halogens is 3. The number of carbonyl (C=O) groups is 2. The number of carbonyl (C=O) groups excluding carboxylic acids is 1. The van der Waals surface area contributed by atoms with Gasteiger partial charge in [-0.3, -0.25) is 4.79 Å². The van der Waals surface area contributed by atoms with Gasteiger partial charge in [0.15, 0.2) is 0 Å². The largest absolute Gasteiger partial charge is 0.480 e. The van der Waals surface area contributed by atoms with Crippen LogP contribution in [0.25, 0.3) is 0 Å². The van der Waals surface area contributed by atoms with Gasteiger partial charge in [0, 0.05) is 12.6 Å². The summed E-state index contributed by atoms with van der Waals surface area (Å²) in [4.78, 5) is 23.3. The average Bonchev–Trinajstić information content (AvgIpc) is 3.07. The normalized spacial score (nSPS) is 15.1. The summed E-state index contributed by atoms with van der Waals surface area (Å²) < 4.78 is 39.5. The lowest BCUT2D eigenvalue weighted by atomic mass is 10.5. The van der Waals surface area contributed by atoms with Gasteiger partial charge in [-0.2, -0.15) is 13.2 Å². The van der Waals surface area contributed by atoms with Gasteiger partial charge in [-0.25, -0.2) is 4.79 Å². The molecule has 19 heavy (non-hydrogen) atoms. The van der Waals surface area contributed by atoms with E-state index in [-0.39, 0.29) is 19.2 Å². The first kappa shape index (κ1) is 15.5. The molecule has 0 aromatic heterocycles. The molecule has 1 rings (SSSR count). The second-order valence-electron chi connectivity index (χ2n) is 4.15. The van der Waals surface area contributed by atoms with Gasteiger partial charge in [-0.15, -0.1) is 0 Å². The highest BCUT2D eigenvalue weighted by atomic mass is 19.4. The van der Waals surface area contributed by atoms with Crippen LogP contribution in [0.3, 0.4) is 0 Å². The standard InChI is InChI=1S/C10H15F3N2O4/c11-10(12,13)6-19-4-3-14-9(18)15(5-8(16)17)7-1-2-7/h7H,1-6H2,(H,14,18)(H,16,17). The van der Waals surface area contributed by atoms with Gasteiger partial charge in [0.1, 0.15) is 13.2 Å². The Labute approximate surface area is 107 Å². The molecule has 9 heteroatoms. The van der Waals surface area contributed by atoms with Gasteiger partial charge in [0.05, 0.1) is 6.61 Å². The third-order valence-corrected chi connectivity index (χ3v) is 2.34. The molecule has 0 radical (unpaired) electrons. The van der Waals surface area contributed by atoms with Crippen molar-refractivity contribution >= 4 is 12.0 Å². The minimum atomic E-state index is -4.40. The summed E-state index contributed by atoms with van der Waals surface area (Å²) >= 11 is 0. The molecule has 0 unspecified atom stereocenters. The van der Waals surface area contributed by atoms with Crippen LogP contribution in [-0.4, -0.2) is 60.5 Å². The Morgan fingerprint density at radius 1 is 1.37 bits per heavy atom. The number of carboxylic acid groups (broad SMARTS) is 1. The monoisotopic (exact) mass is 284 g/mol. The quantitative estimate of drug-likeness (QED) is 0.679. The van der Waals surface area contributed by atoms with Crippen molar-refractivity contribution in [2.24, 2.45) is 0 Å². The van der Waals surface area contributed by atoms with Crippen molar-refractivity contribution in [2.75, 3.05) is 26.3 Å². The maximum atomic E-state index is 11.7. The number of urea groups is 1. The SMILES string of the molecule is O=C(O)CN(C(=O)NCCOCC(F)(F)F)C1CC1. The van der Waals surface area contributed by atoms with E-state index in [4.69, 9.17) is 5.11 Å². The lowest BCUT2D eigenvalue weighted by molar-refractivity contribution is -0.173. The second-order valence-corrected chi connectivity index (χ2v) is 4.15. The van der Waals surface area contributed by atoms with Crippen LogP contribution in [0.1, 0.15) is 12.8 Å². The summed E-state index contributed by atoms with van der Waals surface area (Å²) in [5.74, 6) is -1.13. The van der Waals surface area contributed by atoms with E-state index in [2.05, 4.69) is 10.1 Å². The maximum Gasteiger partial charge on any atom is 0.411 e. The minimum absolute atomic E-state index is 0.0906. The van der Waals surface area contributed by atoms with Crippen LogP contribution in [0.15, 0.2) is 0 Å². The molecule has 0 bridgehead atoms. The van der Waals surface area contributed by atoms with E-state index in [0.717, 1.165) is 17.7 Å². The van der Waals surface area contributed by atoms with Crippen LogP contribution in [0.2, 0.25) is 0 Å². The predicted octanol–water partition coefficient (Wildman–Crippen LogP) is 0.824. The summed E-state index contributed by atoms with van der Waals surface area (Å²) in [7, 11) is 0. The van der Waals surface area contributed by atoms with Gasteiger partial charge >= 0.3 is 18.2 Å². The number of ether oxygens (including phenoxy) is 1. The number of hydrogen-bond donors (Lipinski definition) is 2. The third-order valence-electron chi connectivity index (χ3n) is 2.34. The van der Waals surface area contributed by atoms with Gasteiger partial charge in [0.25, 0.3) is 0 Å². The Morgan fingerprint density at radius 2 is 2.00 bits per heavy atom. The molecular formula is C10H15F3N2O4. The van der Waals surface area contributed by atoms with Gasteiger partial charge in [-0.1, -0.05) is 0 Å². The molecule has 0 heterocycles. The molecule has 0 spiro atoms. The number of hydrogen-bond acceptors (Lipinski definition) is 3. The van der Waals surface area contributed by atoms with Crippen molar-refractivity contribution in [3.8, 4) is 0 Å². The Hall–Kier alpha value is -1.51. The molecule has 6 nitrogen and oxygen atoms in total. The van der Waals surface area contributed by atoms with Crippen molar-refractivity contribution < 1.29 is 32.6 Å². The Bertz CT molecular complexity index is 331. The first-order valence-electron chi connectivity index (χ1n) is 5.70. The zero-order valence-electron chi connectivity index (χ0n) is 10.1. The van der Waals surface area contributed by atoms with Gasteiger partial charge in [-0.05, 0) is 12.8 Å². The zero-order valence-corrected chi connectivity index (χ0v) is 10.1. The molecule has 0 atom stereocenters. The van der Waals surface area contributed by atoms with E-state index >= 15 is 0 Å². The second kappa shape index (κ2) is 6.60. The first-order chi connectivity index (χ1) is 8.79. The topological polar surface area (TPSA) is 78.9 Å². The maximum absolute atomic E-state index is 11.7. The van der Waals surface area contributed by atoms with Crippen molar-refractivity contribution in [3.63, 3.8) is 0 Å². The highest BCUT2D eigenvalue weighted by Gasteiger charge is 2.33. The lowest BCUT2D eigenvalue weighted by Gasteiger charge is -2.20. The van der Waals surface area contributed by atoms with Crippen molar-refractivity contribution in [1.82, 2.24) is 10.2 Å². The number of amides is 2. The van der Waals surface area contributed by atoms with Crippen LogP contribution in [-0.2, 0) is 9.53 Å². The van der Waals surface area contributed by atoms with Crippen LogP contribution in [0, 0.1) is 0 Å². The van der Waals surface area contributed by atoms with E-state index in [1.54, 1.807) is 0 Å². The number of nitrogens with one attached hydrogen (secondary N) is 1. The van der Waals surface area contributed by atoms with E-state index in [1.165, 1.54) is 0 Å². The molecule has 1 fully saturated rings. The average molecular weight is 284 g/mol. The summed E-state index contributed by atoms with van der Waals surface area (Å²) in [6.07, 6.45) is -2.91. The van der Waals surface area contributed by atoms with Crippen molar-refractivity contribution in [3.05, 3.63) is 0 Å². The molecule has 0 aromatic rings. The van der Waals surface area contributed by atoms with Crippen LogP contribution >= 0.6 is 0 Å². The molecule has 110 valence electrons. The fourth-order valence-corrected chi connectivity index (χ4v) is 1.42. The number of carboxylic acids is 1. The molecule has 1 aliphatic carbocycles. The zero-order chi connectivity index (χ0) is 14.5. The molecule has 0 saturated heterocycles. The first-order valence-corrected chi connectivity index (χ1v) is 5.70.